The Morgan fingerprint density at radius 1 is 1.10 bits per heavy atom. The first-order valence-electron chi connectivity index (χ1n) is 16.6. The standard InChI is InChI=1S/C36H53NO4/c1-6-11-32(37-7-2)41-31-21-26-20-27(39)18-19-35(26,4)34-25(14-17-30(40)24-12-9-8-10-13-24)22-36(5)28(23(3)38)15-16-29(36)33(31)34/h8-10,12-13,25-26,28-29,31-34,37H,6-7,11,14-22H2,1-5H3. The zero-order valence-electron chi connectivity index (χ0n) is 26.1. The molecule has 1 aromatic rings. The monoisotopic (exact) mass is 563 g/mol. The van der Waals surface area contributed by atoms with E-state index in [0.717, 1.165) is 63.5 Å². The van der Waals surface area contributed by atoms with Gasteiger partial charge in [0.05, 0.1) is 6.10 Å². The molecule has 10 unspecified atom stereocenters. The molecule has 0 aromatic heterocycles. The van der Waals surface area contributed by atoms with Gasteiger partial charge in [0.2, 0.25) is 0 Å². The predicted molar refractivity (Wildman–Crippen MR) is 162 cm³/mol. The summed E-state index contributed by atoms with van der Waals surface area (Å²) in [7, 11) is 0. The van der Waals surface area contributed by atoms with E-state index >= 15 is 0 Å². The minimum Gasteiger partial charge on any atom is -0.360 e. The predicted octanol–water partition coefficient (Wildman–Crippen LogP) is 7.42. The molecule has 0 amide bonds. The van der Waals surface area contributed by atoms with Crippen LogP contribution in [-0.2, 0) is 14.3 Å². The van der Waals surface area contributed by atoms with E-state index in [4.69, 9.17) is 4.74 Å². The van der Waals surface area contributed by atoms with E-state index in [2.05, 4.69) is 33.0 Å². The Hall–Kier alpha value is -1.85. The summed E-state index contributed by atoms with van der Waals surface area (Å²) in [5.74, 6) is 2.86. The van der Waals surface area contributed by atoms with Crippen molar-refractivity contribution < 1.29 is 19.1 Å². The maximum Gasteiger partial charge on any atom is 0.162 e. The van der Waals surface area contributed by atoms with Crippen LogP contribution in [0.25, 0.3) is 0 Å². The van der Waals surface area contributed by atoms with Crippen LogP contribution in [0.1, 0.15) is 116 Å². The van der Waals surface area contributed by atoms with E-state index in [-0.39, 0.29) is 34.9 Å². The van der Waals surface area contributed by atoms with E-state index in [0.29, 0.717) is 60.4 Å². The highest BCUT2D eigenvalue weighted by Gasteiger charge is 2.66. The number of nitrogens with one attached hydrogen (secondary N) is 1. The van der Waals surface area contributed by atoms with Gasteiger partial charge in [0.15, 0.2) is 5.78 Å². The first-order chi connectivity index (χ1) is 19.6. The topological polar surface area (TPSA) is 72.5 Å². The number of ketones is 3. The Balaban J connectivity index is 1.54. The second-order valence-electron chi connectivity index (χ2n) is 14.4. The van der Waals surface area contributed by atoms with E-state index in [1.165, 1.54) is 0 Å². The summed E-state index contributed by atoms with van der Waals surface area (Å²) < 4.78 is 7.09. The van der Waals surface area contributed by atoms with E-state index in [1.807, 2.05) is 30.3 Å². The van der Waals surface area contributed by atoms with Gasteiger partial charge in [-0.05, 0) is 98.8 Å². The lowest BCUT2D eigenvalue weighted by atomic mass is 9.41. The summed E-state index contributed by atoms with van der Waals surface area (Å²) in [4.78, 5) is 39.2. The van der Waals surface area contributed by atoms with Crippen molar-refractivity contribution in [3.05, 3.63) is 35.9 Å². The number of hydrogen-bond acceptors (Lipinski definition) is 5. The fourth-order valence-electron chi connectivity index (χ4n) is 10.5. The molecule has 41 heavy (non-hydrogen) atoms. The van der Waals surface area contributed by atoms with Crippen LogP contribution < -0.4 is 5.32 Å². The number of carbonyl (C=O) groups excluding carboxylic acids is 3. The molecular formula is C36H53NO4. The van der Waals surface area contributed by atoms with Gasteiger partial charge in [-0.2, -0.15) is 0 Å². The van der Waals surface area contributed by atoms with Crippen LogP contribution in [0.4, 0.5) is 0 Å². The molecule has 226 valence electrons. The molecule has 0 spiro atoms. The Morgan fingerprint density at radius 3 is 2.54 bits per heavy atom. The molecule has 4 aliphatic carbocycles. The largest absolute Gasteiger partial charge is 0.360 e. The van der Waals surface area contributed by atoms with Gasteiger partial charge >= 0.3 is 0 Å². The first-order valence-corrected chi connectivity index (χ1v) is 16.6. The Morgan fingerprint density at radius 2 is 1.85 bits per heavy atom. The van der Waals surface area contributed by atoms with Crippen molar-refractivity contribution in [1.82, 2.24) is 5.32 Å². The molecule has 1 N–H and O–H groups in total. The lowest BCUT2D eigenvalue weighted by Crippen LogP contribution is -2.62. The molecule has 5 heteroatoms. The van der Waals surface area contributed by atoms with Crippen LogP contribution >= 0.6 is 0 Å². The van der Waals surface area contributed by atoms with Gasteiger partial charge in [-0.25, -0.2) is 0 Å². The summed E-state index contributed by atoms with van der Waals surface area (Å²) in [5.41, 5.74) is 0.783. The number of fused-ring (bicyclic) bond motifs is 5. The maximum absolute atomic E-state index is 13.4. The zero-order chi connectivity index (χ0) is 29.4. The lowest BCUT2D eigenvalue weighted by molar-refractivity contribution is -0.213. The summed E-state index contributed by atoms with van der Waals surface area (Å²) >= 11 is 0. The molecule has 0 bridgehead atoms. The van der Waals surface area contributed by atoms with Gasteiger partial charge in [-0.15, -0.1) is 0 Å². The summed E-state index contributed by atoms with van der Waals surface area (Å²) in [6.07, 6.45) is 9.73. The van der Waals surface area contributed by atoms with Crippen LogP contribution in [0.5, 0.6) is 0 Å². The molecule has 5 nitrogen and oxygen atoms in total. The van der Waals surface area contributed by atoms with Crippen LogP contribution in [-0.4, -0.2) is 36.2 Å². The van der Waals surface area contributed by atoms with E-state index in [1.54, 1.807) is 6.92 Å². The number of ether oxygens (including phenoxy) is 1. The molecule has 4 aliphatic rings. The number of hydrogen-bond donors (Lipinski definition) is 1. The molecule has 0 heterocycles. The van der Waals surface area contributed by atoms with Crippen molar-refractivity contribution in [2.24, 2.45) is 46.3 Å². The van der Waals surface area contributed by atoms with Gasteiger partial charge in [-0.1, -0.05) is 64.4 Å². The molecule has 10 atom stereocenters. The summed E-state index contributed by atoms with van der Waals surface area (Å²) in [5, 5.41) is 3.59. The fraction of sp³-hybridized carbons (Fsp3) is 0.750. The number of rotatable bonds is 11. The maximum atomic E-state index is 13.4. The highest BCUT2D eigenvalue weighted by molar-refractivity contribution is 5.96. The Kier molecular flexibility index (Phi) is 9.26. The highest BCUT2D eigenvalue weighted by Crippen LogP contribution is 2.69. The smallest absolute Gasteiger partial charge is 0.162 e. The van der Waals surface area contributed by atoms with Crippen LogP contribution in [0, 0.1) is 46.3 Å². The quantitative estimate of drug-likeness (QED) is 0.224. The Bertz CT molecular complexity index is 1100. The molecule has 4 saturated carbocycles. The molecule has 0 aliphatic heterocycles. The number of benzene rings is 1. The lowest BCUT2D eigenvalue weighted by Gasteiger charge is -2.65. The van der Waals surface area contributed by atoms with Crippen molar-refractivity contribution >= 4 is 17.3 Å². The molecule has 1 aromatic carbocycles. The number of Topliss-reactive ketones (excluding diaryl/α,β-unsaturated/α-hetero) is 3. The second kappa shape index (κ2) is 12.4. The third-order valence-electron chi connectivity index (χ3n) is 12.2. The van der Waals surface area contributed by atoms with Crippen LogP contribution in [0.15, 0.2) is 30.3 Å². The third-order valence-corrected chi connectivity index (χ3v) is 12.2. The van der Waals surface area contributed by atoms with Crippen molar-refractivity contribution in [2.75, 3.05) is 6.54 Å². The minimum absolute atomic E-state index is 0.00981. The average molecular weight is 564 g/mol. The SMILES string of the molecule is CCCC(NCC)OC1CC2CC(=O)CCC2(C)C2C(CCC(=O)c3ccccc3)CC3(C)C(C(C)=O)CCC3C12. The highest BCUT2D eigenvalue weighted by atomic mass is 16.5. The van der Waals surface area contributed by atoms with Gasteiger partial charge in [0.25, 0.3) is 0 Å². The zero-order valence-corrected chi connectivity index (χ0v) is 26.1. The molecule has 5 rings (SSSR count). The third kappa shape index (κ3) is 5.75. The molecule has 4 fully saturated rings. The van der Waals surface area contributed by atoms with E-state index < -0.39 is 0 Å². The molecule has 0 radical (unpaired) electrons. The van der Waals surface area contributed by atoms with Crippen molar-refractivity contribution in [1.29, 1.82) is 0 Å². The second-order valence-corrected chi connectivity index (χ2v) is 14.4. The van der Waals surface area contributed by atoms with Crippen molar-refractivity contribution in [3.8, 4) is 0 Å². The van der Waals surface area contributed by atoms with Crippen molar-refractivity contribution in [2.45, 2.75) is 118 Å². The fourth-order valence-corrected chi connectivity index (χ4v) is 10.5. The average Bonchev–Trinajstić information content (AvgIpc) is 3.30. The molecular weight excluding hydrogens is 510 g/mol. The van der Waals surface area contributed by atoms with Gasteiger partial charge in [-0.3, -0.25) is 19.7 Å². The van der Waals surface area contributed by atoms with Crippen molar-refractivity contribution in [3.63, 3.8) is 0 Å². The van der Waals surface area contributed by atoms with E-state index in [9.17, 15) is 14.4 Å². The van der Waals surface area contributed by atoms with Crippen LogP contribution in [0.2, 0.25) is 0 Å². The Labute approximate surface area is 248 Å². The summed E-state index contributed by atoms with van der Waals surface area (Å²) in [6.45, 7) is 11.9. The van der Waals surface area contributed by atoms with Crippen LogP contribution in [0.3, 0.4) is 0 Å². The molecule has 0 saturated heterocycles. The normalized spacial score (nSPS) is 39.0. The first kappa shape index (κ1) is 30.6. The number of carbonyl (C=O) groups is 3. The van der Waals surface area contributed by atoms with Gasteiger partial charge in [0.1, 0.15) is 17.8 Å². The van der Waals surface area contributed by atoms with Gasteiger partial charge in [0, 0.05) is 30.7 Å². The minimum atomic E-state index is -0.0683. The summed E-state index contributed by atoms with van der Waals surface area (Å²) in [6, 6.07) is 9.69. The van der Waals surface area contributed by atoms with Gasteiger partial charge < -0.3 is 4.74 Å².